The summed E-state index contributed by atoms with van der Waals surface area (Å²) in [6, 6.07) is 14.3. The predicted octanol–water partition coefficient (Wildman–Crippen LogP) is 3.57. The standard InChI is InChI=1S/C24H22O6/c1-14-5-9-16(10-6-14)19-13-18(21(25)17-11-7-15(2)8-12-17)20(23(26)28-3)22(30-19)24(27)29-4/h5-13,22H,1-4H3. The second kappa shape index (κ2) is 8.78. The monoisotopic (exact) mass is 406 g/mol. The number of aryl methyl sites for hydroxylation is 2. The molecule has 0 saturated heterocycles. The lowest BCUT2D eigenvalue weighted by molar-refractivity contribution is -0.151. The normalized spacial score (nSPS) is 15.7. The van der Waals surface area contributed by atoms with Gasteiger partial charge >= 0.3 is 11.9 Å². The Bertz CT molecular complexity index is 1040. The van der Waals surface area contributed by atoms with E-state index in [-0.39, 0.29) is 16.9 Å². The van der Waals surface area contributed by atoms with E-state index in [4.69, 9.17) is 14.2 Å². The van der Waals surface area contributed by atoms with Crippen molar-refractivity contribution in [2.45, 2.75) is 20.0 Å². The van der Waals surface area contributed by atoms with Gasteiger partial charge in [-0.15, -0.1) is 0 Å². The second-order valence-electron chi connectivity index (χ2n) is 6.91. The van der Waals surface area contributed by atoms with Crippen LogP contribution in [0.1, 0.15) is 27.0 Å². The molecule has 1 aliphatic heterocycles. The molecule has 0 fully saturated rings. The summed E-state index contributed by atoms with van der Waals surface area (Å²) in [7, 11) is 2.36. The molecule has 6 nitrogen and oxygen atoms in total. The van der Waals surface area contributed by atoms with Gasteiger partial charge in [0, 0.05) is 16.7 Å². The van der Waals surface area contributed by atoms with E-state index in [0.717, 1.165) is 11.1 Å². The van der Waals surface area contributed by atoms with Crippen molar-refractivity contribution >= 4 is 23.5 Å². The molecule has 1 heterocycles. The maximum Gasteiger partial charge on any atom is 0.352 e. The number of hydrogen-bond acceptors (Lipinski definition) is 6. The molecule has 2 aromatic carbocycles. The van der Waals surface area contributed by atoms with E-state index in [9.17, 15) is 14.4 Å². The molecular formula is C24H22O6. The second-order valence-corrected chi connectivity index (χ2v) is 6.91. The third kappa shape index (κ3) is 4.17. The lowest BCUT2D eigenvalue weighted by Gasteiger charge is -2.26. The molecule has 1 aliphatic rings. The zero-order valence-electron chi connectivity index (χ0n) is 17.2. The van der Waals surface area contributed by atoms with Crippen LogP contribution in [0.3, 0.4) is 0 Å². The molecule has 0 radical (unpaired) electrons. The molecule has 154 valence electrons. The highest BCUT2D eigenvalue weighted by atomic mass is 16.6. The van der Waals surface area contributed by atoms with Gasteiger partial charge in [0.1, 0.15) is 11.3 Å². The number of ether oxygens (including phenoxy) is 3. The smallest absolute Gasteiger partial charge is 0.352 e. The van der Waals surface area contributed by atoms with Crippen molar-refractivity contribution in [3.05, 3.63) is 88.0 Å². The van der Waals surface area contributed by atoms with E-state index in [1.165, 1.54) is 20.3 Å². The van der Waals surface area contributed by atoms with Crippen molar-refractivity contribution in [1.82, 2.24) is 0 Å². The Morgan fingerprint density at radius 2 is 1.40 bits per heavy atom. The average Bonchev–Trinajstić information content (AvgIpc) is 2.77. The van der Waals surface area contributed by atoms with Crippen LogP contribution < -0.4 is 0 Å². The van der Waals surface area contributed by atoms with E-state index in [1.807, 2.05) is 38.1 Å². The van der Waals surface area contributed by atoms with Crippen LogP contribution in [-0.2, 0) is 23.8 Å². The fourth-order valence-electron chi connectivity index (χ4n) is 3.09. The number of esters is 2. The number of allylic oxidation sites excluding steroid dienone is 2. The van der Waals surface area contributed by atoms with Gasteiger partial charge in [-0.1, -0.05) is 59.7 Å². The Balaban J connectivity index is 2.21. The van der Waals surface area contributed by atoms with Crippen LogP contribution in [0.2, 0.25) is 0 Å². The highest BCUT2D eigenvalue weighted by Gasteiger charge is 2.39. The molecule has 0 amide bonds. The molecule has 6 heteroatoms. The van der Waals surface area contributed by atoms with E-state index in [2.05, 4.69) is 0 Å². The number of hydrogen-bond donors (Lipinski definition) is 0. The van der Waals surface area contributed by atoms with Crippen molar-refractivity contribution in [3.8, 4) is 0 Å². The summed E-state index contributed by atoms with van der Waals surface area (Å²) in [6.45, 7) is 3.85. The van der Waals surface area contributed by atoms with Crippen LogP contribution >= 0.6 is 0 Å². The first-order valence-electron chi connectivity index (χ1n) is 9.32. The molecule has 0 spiro atoms. The van der Waals surface area contributed by atoms with Crippen LogP contribution in [0.5, 0.6) is 0 Å². The SMILES string of the molecule is COC(=O)C1=C(C(=O)c2ccc(C)cc2)C=C(c2ccc(C)cc2)OC1C(=O)OC. The summed E-state index contributed by atoms with van der Waals surface area (Å²) in [6.07, 6.45) is 0.0478. The van der Waals surface area contributed by atoms with Crippen molar-refractivity contribution in [2.24, 2.45) is 0 Å². The number of benzene rings is 2. The van der Waals surface area contributed by atoms with Crippen LogP contribution in [0.25, 0.3) is 5.76 Å². The lowest BCUT2D eigenvalue weighted by Crippen LogP contribution is -2.35. The summed E-state index contributed by atoms with van der Waals surface area (Å²) < 4.78 is 15.5. The summed E-state index contributed by atoms with van der Waals surface area (Å²) in [5.41, 5.74) is 2.91. The molecule has 3 rings (SSSR count). The Morgan fingerprint density at radius 3 is 1.93 bits per heavy atom. The van der Waals surface area contributed by atoms with Crippen LogP contribution in [0.15, 0.2) is 65.8 Å². The average molecular weight is 406 g/mol. The number of carbonyl (C=O) groups is 3. The summed E-state index contributed by atoms with van der Waals surface area (Å²) in [5.74, 6) is -1.77. The summed E-state index contributed by atoms with van der Waals surface area (Å²) in [4.78, 5) is 38.3. The van der Waals surface area contributed by atoms with Gasteiger partial charge in [0.25, 0.3) is 0 Å². The third-order valence-corrected chi connectivity index (χ3v) is 4.79. The summed E-state index contributed by atoms with van der Waals surface area (Å²) >= 11 is 0. The van der Waals surface area contributed by atoms with Crippen molar-refractivity contribution < 1.29 is 28.6 Å². The minimum Gasteiger partial charge on any atom is -0.473 e. The number of carbonyl (C=O) groups excluding carboxylic acids is 3. The van der Waals surface area contributed by atoms with Crippen LogP contribution in [-0.4, -0.2) is 38.0 Å². The molecule has 1 unspecified atom stereocenters. The van der Waals surface area contributed by atoms with E-state index in [1.54, 1.807) is 24.3 Å². The maximum absolute atomic E-state index is 13.3. The third-order valence-electron chi connectivity index (χ3n) is 4.79. The Hall–Kier alpha value is -3.67. The first kappa shape index (κ1) is 21.0. The summed E-state index contributed by atoms with van der Waals surface area (Å²) in [5, 5.41) is 0. The van der Waals surface area contributed by atoms with Crippen molar-refractivity contribution in [3.63, 3.8) is 0 Å². The molecule has 0 saturated carbocycles. The van der Waals surface area contributed by atoms with Gasteiger partial charge in [-0.2, -0.15) is 0 Å². The largest absolute Gasteiger partial charge is 0.473 e. The molecule has 0 aliphatic carbocycles. The predicted molar refractivity (Wildman–Crippen MR) is 111 cm³/mol. The zero-order valence-corrected chi connectivity index (χ0v) is 17.2. The topological polar surface area (TPSA) is 78.9 Å². The van der Waals surface area contributed by atoms with Crippen LogP contribution in [0.4, 0.5) is 0 Å². The number of rotatable bonds is 5. The lowest BCUT2D eigenvalue weighted by atomic mass is 9.91. The van der Waals surface area contributed by atoms with Gasteiger partial charge < -0.3 is 14.2 Å². The Morgan fingerprint density at radius 1 is 0.833 bits per heavy atom. The maximum atomic E-state index is 13.3. The van der Waals surface area contributed by atoms with Gasteiger partial charge in [0.05, 0.1) is 14.2 Å². The van der Waals surface area contributed by atoms with Crippen molar-refractivity contribution in [1.29, 1.82) is 0 Å². The number of Topliss-reactive ketones (excluding diaryl/α,β-unsaturated/α-hetero) is 1. The molecule has 1 atom stereocenters. The molecular weight excluding hydrogens is 384 g/mol. The molecule has 0 N–H and O–H groups in total. The van der Waals surface area contributed by atoms with Crippen LogP contribution in [0, 0.1) is 13.8 Å². The molecule has 30 heavy (non-hydrogen) atoms. The quantitative estimate of drug-likeness (QED) is 0.558. The fourth-order valence-corrected chi connectivity index (χ4v) is 3.09. The fraction of sp³-hybridized carbons (Fsp3) is 0.208. The highest BCUT2D eigenvalue weighted by Crippen LogP contribution is 2.33. The number of methoxy groups -OCH3 is 2. The van der Waals surface area contributed by atoms with Gasteiger partial charge in [0.2, 0.25) is 6.10 Å². The first-order valence-corrected chi connectivity index (χ1v) is 9.32. The van der Waals surface area contributed by atoms with Gasteiger partial charge in [-0.05, 0) is 19.9 Å². The zero-order chi connectivity index (χ0) is 21.8. The molecule has 2 aromatic rings. The van der Waals surface area contributed by atoms with E-state index in [0.29, 0.717) is 11.1 Å². The minimum atomic E-state index is -1.42. The van der Waals surface area contributed by atoms with Gasteiger partial charge in [-0.3, -0.25) is 4.79 Å². The Labute approximate surface area is 174 Å². The van der Waals surface area contributed by atoms with Crippen molar-refractivity contribution in [2.75, 3.05) is 14.2 Å². The number of ketones is 1. The highest BCUT2D eigenvalue weighted by molar-refractivity contribution is 6.17. The Kier molecular flexibility index (Phi) is 6.16. The van der Waals surface area contributed by atoms with Gasteiger partial charge in [0.15, 0.2) is 5.78 Å². The first-order chi connectivity index (χ1) is 14.3. The van der Waals surface area contributed by atoms with Gasteiger partial charge in [-0.25, -0.2) is 9.59 Å². The minimum absolute atomic E-state index is 0.0305. The van der Waals surface area contributed by atoms with E-state index < -0.39 is 23.8 Å². The molecule has 0 aromatic heterocycles. The molecule has 0 bridgehead atoms. The van der Waals surface area contributed by atoms with E-state index >= 15 is 0 Å².